The minimum Gasteiger partial charge on any atom is -0.507 e. The van der Waals surface area contributed by atoms with Gasteiger partial charge in [-0.05, 0) is 37.0 Å². The quantitative estimate of drug-likeness (QED) is 0.859. The average molecular weight is 272 g/mol. The lowest BCUT2D eigenvalue weighted by Gasteiger charge is -2.34. The van der Waals surface area contributed by atoms with Gasteiger partial charge in [0.1, 0.15) is 11.6 Å². The average Bonchev–Trinajstić information content (AvgIpc) is 2.29. The number of phenols is 1. The smallest absolute Gasteiger partial charge is 0.257 e. The van der Waals surface area contributed by atoms with Gasteiger partial charge in [-0.2, -0.15) is 0 Å². The molecule has 1 aromatic carbocycles. The van der Waals surface area contributed by atoms with Crippen LogP contribution in [0.25, 0.3) is 0 Å². The number of benzene rings is 1. The molecule has 1 aliphatic carbocycles. The van der Waals surface area contributed by atoms with Gasteiger partial charge in [-0.1, -0.05) is 0 Å². The van der Waals surface area contributed by atoms with Crippen molar-refractivity contribution in [2.24, 2.45) is 5.92 Å². The molecule has 5 heteroatoms. The van der Waals surface area contributed by atoms with E-state index < -0.39 is 5.82 Å². The molecular weight excluding hydrogens is 257 g/mol. The number of rotatable bonds is 3. The second-order valence-electron chi connectivity index (χ2n) is 4.78. The highest BCUT2D eigenvalue weighted by molar-refractivity contribution is 6.21. The molecule has 2 rings (SSSR count). The zero-order valence-corrected chi connectivity index (χ0v) is 10.8. The zero-order valence-electron chi connectivity index (χ0n) is 10.1. The largest absolute Gasteiger partial charge is 0.507 e. The topological polar surface area (TPSA) is 40.5 Å². The van der Waals surface area contributed by atoms with Crippen molar-refractivity contribution in [2.45, 2.75) is 18.2 Å². The van der Waals surface area contributed by atoms with Crippen molar-refractivity contribution in [1.82, 2.24) is 4.90 Å². The van der Waals surface area contributed by atoms with Crippen molar-refractivity contribution in [3.8, 4) is 5.75 Å². The second kappa shape index (κ2) is 5.14. The van der Waals surface area contributed by atoms with Crippen LogP contribution in [0.2, 0.25) is 0 Å². The van der Waals surface area contributed by atoms with Crippen molar-refractivity contribution in [1.29, 1.82) is 0 Å². The fourth-order valence-corrected chi connectivity index (χ4v) is 2.66. The molecule has 1 amide bonds. The fraction of sp³-hybridized carbons (Fsp3) is 0.462. The zero-order chi connectivity index (χ0) is 13.3. The third-order valence-corrected chi connectivity index (χ3v) is 3.60. The van der Waals surface area contributed by atoms with Gasteiger partial charge < -0.3 is 10.0 Å². The molecule has 0 spiro atoms. The van der Waals surface area contributed by atoms with Gasteiger partial charge in [0.2, 0.25) is 0 Å². The van der Waals surface area contributed by atoms with Gasteiger partial charge in [0.15, 0.2) is 0 Å². The molecule has 1 fully saturated rings. The Morgan fingerprint density at radius 2 is 2.22 bits per heavy atom. The number of alkyl halides is 1. The van der Waals surface area contributed by atoms with Crippen molar-refractivity contribution in [3.63, 3.8) is 0 Å². The van der Waals surface area contributed by atoms with E-state index in [1.165, 1.54) is 11.0 Å². The first-order valence-corrected chi connectivity index (χ1v) is 6.29. The van der Waals surface area contributed by atoms with Crippen LogP contribution in [0.4, 0.5) is 4.39 Å². The van der Waals surface area contributed by atoms with Gasteiger partial charge in [-0.15, -0.1) is 11.6 Å². The van der Waals surface area contributed by atoms with Gasteiger partial charge in [0.25, 0.3) is 5.91 Å². The maximum absolute atomic E-state index is 13.1. The first kappa shape index (κ1) is 13.1. The van der Waals surface area contributed by atoms with Crippen LogP contribution in [0.15, 0.2) is 18.2 Å². The molecule has 3 nitrogen and oxygen atoms in total. The molecule has 98 valence electrons. The molecule has 18 heavy (non-hydrogen) atoms. The number of halogens is 2. The number of carbonyl (C=O) groups is 1. The molecule has 0 aromatic heterocycles. The van der Waals surface area contributed by atoms with E-state index in [2.05, 4.69) is 0 Å². The Bertz CT molecular complexity index is 460. The van der Waals surface area contributed by atoms with E-state index in [-0.39, 0.29) is 22.6 Å². The summed E-state index contributed by atoms with van der Waals surface area (Å²) in [4.78, 5) is 13.5. The van der Waals surface area contributed by atoms with Gasteiger partial charge in [0, 0.05) is 19.0 Å². The number of hydrogen-bond acceptors (Lipinski definition) is 2. The van der Waals surface area contributed by atoms with Crippen LogP contribution < -0.4 is 0 Å². The summed E-state index contributed by atoms with van der Waals surface area (Å²) in [5.41, 5.74) is -0.000697. The van der Waals surface area contributed by atoms with E-state index in [9.17, 15) is 14.3 Å². The lowest BCUT2D eigenvalue weighted by Crippen LogP contribution is -2.38. The predicted molar refractivity (Wildman–Crippen MR) is 67.4 cm³/mol. The molecule has 0 bridgehead atoms. The van der Waals surface area contributed by atoms with E-state index >= 15 is 0 Å². The van der Waals surface area contributed by atoms with Crippen LogP contribution in [-0.4, -0.2) is 34.9 Å². The Morgan fingerprint density at radius 1 is 1.56 bits per heavy atom. The number of amides is 1. The van der Waals surface area contributed by atoms with Crippen LogP contribution in [0, 0.1) is 11.7 Å². The first-order valence-electron chi connectivity index (χ1n) is 5.85. The lowest BCUT2D eigenvalue weighted by atomic mass is 9.84. The Balaban J connectivity index is 2.03. The summed E-state index contributed by atoms with van der Waals surface area (Å²) >= 11 is 5.88. The minimum atomic E-state index is -0.533. The Kier molecular flexibility index (Phi) is 3.76. The van der Waals surface area contributed by atoms with E-state index in [0.29, 0.717) is 12.5 Å². The van der Waals surface area contributed by atoms with E-state index in [4.69, 9.17) is 11.6 Å². The minimum absolute atomic E-state index is 0.000697. The molecule has 1 aliphatic rings. The number of nitrogens with zero attached hydrogens (tertiary/aromatic N) is 1. The van der Waals surface area contributed by atoms with E-state index in [1.54, 1.807) is 7.05 Å². The number of aromatic hydroxyl groups is 1. The summed E-state index contributed by atoms with van der Waals surface area (Å²) < 4.78 is 13.1. The molecule has 0 aliphatic heterocycles. The van der Waals surface area contributed by atoms with E-state index in [0.717, 1.165) is 25.0 Å². The molecule has 0 atom stereocenters. The summed E-state index contributed by atoms with van der Waals surface area (Å²) in [5.74, 6) is -0.701. The fourth-order valence-electron chi connectivity index (χ4n) is 2.16. The maximum atomic E-state index is 13.1. The Labute approximate surface area is 110 Å². The highest BCUT2D eigenvalue weighted by Crippen LogP contribution is 2.32. The number of phenolic OH excluding ortho intramolecular Hbond substituents is 1. The normalized spacial score (nSPS) is 22.4. The van der Waals surface area contributed by atoms with Crippen LogP contribution in [0.5, 0.6) is 5.75 Å². The third kappa shape index (κ3) is 2.75. The van der Waals surface area contributed by atoms with E-state index in [1.807, 2.05) is 0 Å². The van der Waals surface area contributed by atoms with Crippen LogP contribution in [0.1, 0.15) is 23.2 Å². The Morgan fingerprint density at radius 3 is 2.83 bits per heavy atom. The highest BCUT2D eigenvalue weighted by atomic mass is 35.5. The molecule has 0 unspecified atom stereocenters. The summed E-state index contributed by atoms with van der Waals surface area (Å²) in [7, 11) is 1.65. The lowest BCUT2D eigenvalue weighted by molar-refractivity contribution is 0.0743. The monoisotopic (exact) mass is 271 g/mol. The maximum Gasteiger partial charge on any atom is 0.257 e. The Hall–Kier alpha value is -1.29. The molecule has 0 saturated heterocycles. The molecular formula is C13H15ClFNO2. The standard InChI is InChI=1S/C13H15ClFNO2/c1-16(7-8-4-9(14)5-8)13(18)11-6-10(15)2-3-12(11)17/h2-3,6,8-9,17H,4-5,7H2,1H3. The summed E-state index contributed by atoms with van der Waals surface area (Å²) in [5, 5.41) is 9.78. The van der Waals surface area contributed by atoms with Crippen LogP contribution >= 0.6 is 11.6 Å². The van der Waals surface area contributed by atoms with Gasteiger partial charge in [-0.3, -0.25) is 4.79 Å². The van der Waals surface area contributed by atoms with Crippen molar-refractivity contribution in [3.05, 3.63) is 29.6 Å². The highest BCUT2D eigenvalue weighted by Gasteiger charge is 2.29. The van der Waals surface area contributed by atoms with Crippen LogP contribution in [-0.2, 0) is 0 Å². The number of carbonyl (C=O) groups excluding carboxylic acids is 1. The summed E-state index contributed by atoms with van der Waals surface area (Å²) in [6.45, 7) is 0.581. The first-order chi connectivity index (χ1) is 8.47. The van der Waals surface area contributed by atoms with Gasteiger partial charge in [0.05, 0.1) is 5.56 Å². The molecule has 0 radical (unpaired) electrons. The number of hydrogen-bond donors (Lipinski definition) is 1. The molecule has 1 aromatic rings. The SMILES string of the molecule is CN(CC1CC(Cl)C1)C(=O)c1cc(F)ccc1O. The summed E-state index contributed by atoms with van der Waals surface area (Å²) in [6, 6.07) is 3.37. The molecule has 1 saturated carbocycles. The van der Waals surface area contributed by atoms with Crippen LogP contribution in [0.3, 0.4) is 0 Å². The molecule has 0 heterocycles. The molecule has 1 N–H and O–H groups in total. The third-order valence-electron chi connectivity index (χ3n) is 3.25. The van der Waals surface area contributed by atoms with Gasteiger partial charge >= 0.3 is 0 Å². The predicted octanol–water partition coefficient (Wildman–Crippen LogP) is 2.62. The summed E-state index contributed by atoms with van der Waals surface area (Å²) in [6.07, 6.45) is 1.79. The second-order valence-corrected chi connectivity index (χ2v) is 5.40. The van der Waals surface area contributed by atoms with Crippen molar-refractivity contribution < 1.29 is 14.3 Å². The van der Waals surface area contributed by atoms with Gasteiger partial charge in [-0.25, -0.2) is 4.39 Å². The van der Waals surface area contributed by atoms with Crippen molar-refractivity contribution in [2.75, 3.05) is 13.6 Å². The van der Waals surface area contributed by atoms with Crippen molar-refractivity contribution >= 4 is 17.5 Å².